The fourth-order valence-electron chi connectivity index (χ4n) is 7.11. The van der Waals surface area contributed by atoms with Gasteiger partial charge in [-0.25, -0.2) is 8.42 Å². The largest absolute Gasteiger partial charge is 1.00 e. The van der Waals surface area contributed by atoms with Crippen molar-refractivity contribution in [2.75, 3.05) is 0 Å². The van der Waals surface area contributed by atoms with Gasteiger partial charge in [-0.15, -0.1) is 0 Å². The molecule has 0 heterocycles. The van der Waals surface area contributed by atoms with E-state index in [1.807, 2.05) is 13.0 Å². The minimum absolute atomic E-state index is 0. The zero-order valence-corrected chi connectivity index (χ0v) is 27.4. The summed E-state index contributed by atoms with van der Waals surface area (Å²) in [6.45, 7) is 11.5. The van der Waals surface area contributed by atoms with Crippen LogP contribution in [-0.2, 0) is 21.0 Å². The summed E-state index contributed by atoms with van der Waals surface area (Å²) >= 11 is 0. The summed E-state index contributed by atoms with van der Waals surface area (Å²) in [6.07, 6.45) is 14.7. The van der Waals surface area contributed by atoms with Gasteiger partial charge in [0.2, 0.25) is 0 Å². The summed E-state index contributed by atoms with van der Waals surface area (Å²) in [5.74, 6) is 1.32. The number of rotatable bonds is 11. The average Bonchev–Trinajstić information content (AvgIpc) is 2.81. The topological polar surface area (TPSA) is 107 Å². The molecule has 1 saturated carbocycles. The van der Waals surface area contributed by atoms with Gasteiger partial charge in [0.05, 0.1) is 0 Å². The first-order valence-electron chi connectivity index (χ1n) is 13.9. The molecule has 2 aliphatic carbocycles. The Kier molecular flexibility index (Phi) is 12.3. The third-order valence-corrected chi connectivity index (χ3v) is 9.52. The molecule has 3 atom stereocenters. The van der Waals surface area contributed by atoms with E-state index >= 15 is 0 Å². The van der Waals surface area contributed by atoms with Gasteiger partial charge in [-0.1, -0.05) is 50.5 Å². The standard InChI is InChI=1S/C31H46O6S.Na/c1-22(10-13-25-20-26(32)14-16-28(25)33)8-6-9-24(21-37-38(34,35)36)12-15-27-23(2)11-17-29-30(3,4)18-7-19-31(27,29)5;/h10-11,14,16,20-21,27,29,32-33H,6-9,12-13,15,17-19H2,1-5H3,(H,34,35,36);/q;+1/p-1/b22-10+,24-21-;/t27-,29?,31+;/m0./s1. The molecule has 0 amide bonds. The molecule has 2 N–H and O–H groups in total. The van der Waals surface area contributed by atoms with E-state index in [0.717, 1.165) is 36.8 Å². The zero-order valence-electron chi connectivity index (χ0n) is 24.6. The Balaban J connectivity index is 0.00000533. The molecule has 1 aromatic carbocycles. The van der Waals surface area contributed by atoms with E-state index in [-0.39, 0.29) is 46.5 Å². The Morgan fingerprint density at radius 1 is 1.15 bits per heavy atom. The monoisotopic (exact) mass is 568 g/mol. The van der Waals surface area contributed by atoms with Crippen LogP contribution in [0.2, 0.25) is 0 Å². The van der Waals surface area contributed by atoms with Gasteiger partial charge in [0.15, 0.2) is 0 Å². The Labute approximate surface area is 257 Å². The molecular formula is C31H45NaO6S. The van der Waals surface area contributed by atoms with Crippen LogP contribution in [0.25, 0.3) is 0 Å². The number of fused-ring (bicyclic) bond motifs is 1. The first-order valence-corrected chi connectivity index (χ1v) is 15.2. The first-order chi connectivity index (χ1) is 17.7. The van der Waals surface area contributed by atoms with Crippen molar-refractivity contribution in [1.82, 2.24) is 0 Å². The number of allylic oxidation sites excluding steroid dienone is 5. The molecule has 39 heavy (non-hydrogen) atoms. The van der Waals surface area contributed by atoms with Crippen molar-refractivity contribution in [2.24, 2.45) is 22.7 Å². The van der Waals surface area contributed by atoms with Gasteiger partial charge in [0.1, 0.15) is 17.8 Å². The molecule has 0 spiro atoms. The van der Waals surface area contributed by atoms with E-state index in [2.05, 4.69) is 38.0 Å². The number of benzene rings is 1. The average molecular weight is 569 g/mol. The van der Waals surface area contributed by atoms with Gasteiger partial charge < -0.3 is 18.9 Å². The number of hydrogen-bond acceptors (Lipinski definition) is 6. The minimum Gasteiger partial charge on any atom is -0.716 e. The molecule has 1 fully saturated rings. The predicted octanol–water partition coefficient (Wildman–Crippen LogP) is 4.70. The Hall–Kier alpha value is -1.25. The van der Waals surface area contributed by atoms with E-state index in [1.165, 1.54) is 43.2 Å². The molecule has 2 aliphatic rings. The van der Waals surface area contributed by atoms with Crippen LogP contribution in [0.5, 0.6) is 11.5 Å². The second kappa shape index (κ2) is 14.1. The van der Waals surface area contributed by atoms with Gasteiger partial charge in [0.25, 0.3) is 10.4 Å². The summed E-state index contributed by atoms with van der Waals surface area (Å²) in [7, 11) is -4.80. The van der Waals surface area contributed by atoms with E-state index in [0.29, 0.717) is 42.1 Å². The van der Waals surface area contributed by atoms with Crippen molar-refractivity contribution in [2.45, 2.75) is 98.8 Å². The first kappa shape index (κ1) is 34.0. The molecule has 8 heteroatoms. The van der Waals surface area contributed by atoms with Gasteiger partial charge in [-0.05, 0) is 118 Å². The molecule has 0 radical (unpaired) electrons. The number of hydrogen-bond donors (Lipinski definition) is 2. The van der Waals surface area contributed by atoms with Crippen LogP contribution in [0, 0.1) is 22.7 Å². The predicted molar refractivity (Wildman–Crippen MR) is 150 cm³/mol. The molecule has 0 aliphatic heterocycles. The third-order valence-electron chi connectivity index (χ3n) is 9.19. The van der Waals surface area contributed by atoms with Crippen LogP contribution in [0.4, 0.5) is 0 Å². The SMILES string of the molecule is CC1=CCC2C(C)(C)CCC[C@]2(C)[C@H]1CC/C(=C\OS(=O)(=O)[O-])CCC/C(C)=C/Cc1cc(O)ccc1O.[Na+]. The van der Waals surface area contributed by atoms with E-state index in [1.54, 1.807) is 6.07 Å². The number of phenolic OH excluding ortho intramolecular Hbond substituents is 2. The molecule has 6 nitrogen and oxygen atoms in total. The van der Waals surface area contributed by atoms with Crippen molar-refractivity contribution in [3.05, 3.63) is 58.9 Å². The normalized spacial score (nSPS) is 25.3. The van der Waals surface area contributed by atoms with Gasteiger partial charge in [-0.3, -0.25) is 0 Å². The maximum atomic E-state index is 11.2. The Bertz CT molecular complexity index is 1180. The molecular weight excluding hydrogens is 523 g/mol. The van der Waals surface area contributed by atoms with Crippen LogP contribution >= 0.6 is 0 Å². The molecule has 0 aromatic heterocycles. The second-order valence-electron chi connectivity index (χ2n) is 12.4. The molecule has 1 aromatic rings. The summed E-state index contributed by atoms with van der Waals surface area (Å²) < 4.78 is 38.1. The van der Waals surface area contributed by atoms with Crippen LogP contribution in [0.1, 0.15) is 98.0 Å². The summed E-state index contributed by atoms with van der Waals surface area (Å²) in [5.41, 5.74) is 4.58. The van der Waals surface area contributed by atoms with Crippen LogP contribution in [-0.4, -0.2) is 23.2 Å². The van der Waals surface area contributed by atoms with Crippen LogP contribution in [0.3, 0.4) is 0 Å². The smallest absolute Gasteiger partial charge is 0.716 e. The van der Waals surface area contributed by atoms with Crippen molar-refractivity contribution >= 4 is 10.4 Å². The Morgan fingerprint density at radius 3 is 2.56 bits per heavy atom. The number of phenols is 2. The minimum atomic E-state index is -4.80. The molecule has 212 valence electrons. The summed E-state index contributed by atoms with van der Waals surface area (Å²) in [4.78, 5) is 0. The fourth-order valence-corrected chi connectivity index (χ4v) is 7.36. The summed E-state index contributed by atoms with van der Waals surface area (Å²) in [5, 5.41) is 19.6. The van der Waals surface area contributed by atoms with Crippen molar-refractivity contribution in [1.29, 1.82) is 0 Å². The van der Waals surface area contributed by atoms with Gasteiger partial charge >= 0.3 is 29.6 Å². The maximum absolute atomic E-state index is 11.2. The van der Waals surface area contributed by atoms with Crippen molar-refractivity contribution < 1.29 is 56.9 Å². The molecule has 0 bridgehead atoms. The molecule has 1 unspecified atom stereocenters. The quantitative estimate of drug-likeness (QED) is 0.100. The maximum Gasteiger partial charge on any atom is 1.00 e. The fraction of sp³-hybridized carbons (Fsp3) is 0.613. The third kappa shape index (κ3) is 9.39. The molecule has 3 rings (SSSR count). The van der Waals surface area contributed by atoms with E-state index in [4.69, 9.17) is 0 Å². The zero-order chi connectivity index (χ0) is 28.1. The summed E-state index contributed by atoms with van der Waals surface area (Å²) in [6, 6.07) is 4.49. The van der Waals surface area contributed by atoms with Crippen LogP contribution in [0.15, 0.2) is 53.3 Å². The number of aromatic hydroxyl groups is 2. The van der Waals surface area contributed by atoms with E-state index in [9.17, 15) is 23.2 Å². The van der Waals surface area contributed by atoms with Gasteiger partial charge in [-0.2, -0.15) is 0 Å². The second-order valence-corrected chi connectivity index (χ2v) is 13.4. The van der Waals surface area contributed by atoms with Crippen molar-refractivity contribution in [3.63, 3.8) is 0 Å². The van der Waals surface area contributed by atoms with Crippen molar-refractivity contribution in [3.8, 4) is 11.5 Å². The van der Waals surface area contributed by atoms with E-state index < -0.39 is 10.4 Å². The Morgan fingerprint density at radius 2 is 1.87 bits per heavy atom. The van der Waals surface area contributed by atoms with Crippen LogP contribution < -0.4 is 29.6 Å². The van der Waals surface area contributed by atoms with Gasteiger partial charge in [0, 0.05) is 5.56 Å². The molecule has 0 saturated heterocycles.